The third-order valence-corrected chi connectivity index (χ3v) is 4.16. The molecule has 0 atom stereocenters. The number of benzene rings is 1. The van der Waals surface area contributed by atoms with Gasteiger partial charge in [-0.05, 0) is 46.6 Å². The summed E-state index contributed by atoms with van der Waals surface area (Å²) in [7, 11) is -3.98. The molecule has 1 aromatic carbocycles. The standard InChI is InChI=1S/C10H8N2O4S3/c1-2-11-19(15,16)9-4-3-7(5-17)8(6-18)10(9)12(13)14/h3-4,11H,2H2,1H3. The first-order valence-corrected chi connectivity index (χ1v) is 7.26. The number of thiocarbonyl (C=S) groups is 2. The molecule has 0 bridgehead atoms. The Morgan fingerprint density at radius 3 is 2.42 bits per heavy atom. The molecule has 0 amide bonds. The normalized spacial score (nSPS) is 10.6. The van der Waals surface area contributed by atoms with Gasteiger partial charge in [0.05, 0.1) is 10.1 Å². The summed E-state index contributed by atoms with van der Waals surface area (Å²) in [5.41, 5.74) is -0.647. The molecule has 0 radical (unpaired) electrons. The van der Waals surface area contributed by atoms with E-state index in [0.717, 1.165) is 6.07 Å². The van der Waals surface area contributed by atoms with Crippen LogP contribution in [0.5, 0.6) is 0 Å². The number of rotatable bonds is 4. The minimum absolute atomic E-state index is 0.108. The van der Waals surface area contributed by atoms with Gasteiger partial charge in [-0.1, -0.05) is 6.92 Å². The zero-order valence-electron chi connectivity index (χ0n) is 9.67. The maximum Gasteiger partial charge on any atom is 0.306 e. The van der Waals surface area contributed by atoms with Crippen molar-refractivity contribution in [1.82, 2.24) is 4.72 Å². The van der Waals surface area contributed by atoms with Gasteiger partial charge in [-0.3, -0.25) is 10.1 Å². The number of nitro groups is 1. The number of hydrogen-bond donors (Lipinski definition) is 1. The van der Waals surface area contributed by atoms with Crippen molar-refractivity contribution in [2.24, 2.45) is 0 Å². The van der Waals surface area contributed by atoms with Gasteiger partial charge in [-0.2, -0.15) is 0 Å². The molecule has 9 heteroatoms. The minimum atomic E-state index is -3.98. The van der Waals surface area contributed by atoms with Gasteiger partial charge in [-0.15, -0.1) is 0 Å². The highest BCUT2D eigenvalue weighted by atomic mass is 32.2. The molecular formula is C10H8N2O4S3. The Morgan fingerprint density at radius 2 is 2.00 bits per heavy atom. The maximum absolute atomic E-state index is 11.9. The predicted molar refractivity (Wildman–Crippen MR) is 76.6 cm³/mol. The van der Waals surface area contributed by atoms with Crippen LogP contribution in [0.25, 0.3) is 0 Å². The van der Waals surface area contributed by atoms with Crippen LogP contribution in [0, 0.1) is 10.1 Å². The molecule has 0 saturated carbocycles. The smallest absolute Gasteiger partial charge is 0.258 e. The van der Waals surface area contributed by atoms with Crippen molar-refractivity contribution in [2.75, 3.05) is 6.54 Å². The fourth-order valence-electron chi connectivity index (χ4n) is 1.43. The zero-order valence-corrected chi connectivity index (χ0v) is 12.1. The molecule has 0 spiro atoms. The molecule has 0 aliphatic heterocycles. The van der Waals surface area contributed by atoms with Crippen LogP contribution < -0.4 is 15.2 Å². The van der Waals surface area contributed by atoms with E-state index in [2.05, 4.69) is 39.2 Å². The Balaban J connectivity index is 3.97. The van der Waals surface area contributed by atoms with Crippen LogP contribution in [-0.2, 0) is 10.0 Å². The number of sulfonamides is 1. The highest BCUT2D eigenvalue weighted by Gasteiger charge is 2.26. The van der Waals surface area contributed by atoms with Crippen molar-refractivity contribution < 1.29 is 13.3 Å². The number of nitrogens with one attached hydrogen (secondary N) is 1. The molecule has 0 fully saturated rings. The lowest BCUT2D eigenvalue weighted by atomic mass is 10.2. The summed E-state index contributed by atoms with van der Waals surface area (Å²) >= 11 is 9.15. The molecule has 0 aromatic heterocycles. The Kier molecular flexibility index (Phi) is 5.02. The van der Waals surface area contributed by atoms with Gasteiger partial charge >= 0.3 is 5.69 Å². The molecule has 0 unspecified atom stereocenters. The molecule has 0 saturated heterocycles. The lowest BCUT2D eigenvalue weighted by molar-refractivity contribution is -0.388. The summed E-state index contributed by atoms with van der Waals surface area (Å²) in [6.07, 6.45) is 0. The maximum atomic E-state index is 11.9. The highest BCUT2D eigenvalue weighted by Crippen LogP contribution is 2.17. The second kappa shape index (κ2) is 6.12. The van der Waals surface area contributed by atoms with Crippen LogP contribution in [0.1, 0.15) is 6.92 Å². The minimum Gasteiger partial charge on any atom is -0.258 e. The zero-order chi connectivity index (χ0) is 14.6. The second-order valence-corrected chi connectivity index (χ2v) is 5.44. The van der Waals surface area contributed by atoms with Crippen molar-refractivity contribution in [3.8, 4) is 0 Å². The Labute approximate surface area is 119 Å². The van der Waals surface area contributed by atoms with Gasteiger partial charge in [0.25, 0.3) is 0 Å². The van der Waals surface area contributed by atoms with E-state index < -0.39 is 25.5 Å². The molecule has 0 heterocycles. The first kappa shape index (κ1) is 15.6. The van der Waals surface area contributed by atoms with Crippen LogP contribution in [0.15, 0.2) is 17.0 Å². The lowest BCUT2D eigenvalue weighted by Crippen LogP contribution is -2.33. The molecule has 1 aromatic rings. The van der Waals surface area contributed by atoms with E-state index in [4.69, 9.17) is 0 Å². The van der Waals surface area contributed by atoms with Crippen LogP contribution >= 0.6 is 24.4 Å². The topological polar surface area (TPSA) is 89.3 Å². The first-order valence-electron chi connectivity index (χ1n) is 4.96. The molecular weight excluding hydrogens is 308 g/mol. The van der Waals surface area contributed by atoms with Gasteiger partial charge in [0.15, 0.2) is 4.90 Å². The predicted octanol–water partition coefficient (Wildman–Crippen LogP) is -0.567. The van der Waals surface area contributed by atoms with Gasteiger partial charge in [0.1, 0.15) is 5.22 Å². The van der Waals surface area contributed by atoms with E-state index in [9.17, 15) is 18.5 Å². The summed E-state index contributed by atoms with van der Waals surface area (Å²) in [5.74, 6) is 0. The first-order chi connectivity index (χ1) is 8.88. The number of nitro benzene ring substituents is 1. The summed E-state index contributed by atoms with van der Waals surface area (Å²) in [6.45, 7) is 1.67. The van der Waals surface area contributed by atoms with E-state index in [1.54, 1.807) is 6.92 Å². The molecule has 100 valence electrons. The van der Waals surface area contributed by atoms with E-state index in [1.807, 2.05) is 0 Å². The monoisotopic (exact) mass is 316 g/mol. The number of nitrogens with zero attached hydrogens (tertiary/aromatic N) is 1. The Morgan fingerprint density at radius 1 is 1.37 bits per heavy atom. The Bertz CT molecular complexity index is 791. The van der Waals surface area contributed by atoms with Crippen LogP contribution in [0.4, 0.5) is 5.69 Å². The van der Waals surface area contributed by atoms with Gasteiger partial charge < -0.3 is 0 Å². The largest absolute Gasteiger partial charge is 0.306 e. The fraction of sp³-hybridized carbons (Fsp3) is 0.200. The van der Waals surface area contributed by atoms with Gasteiger partial charge in [0.2, 0.25) is 10.0 Å². The van der Waals surface area contributed by atoms with Crippen molar-refractivity contribution in [2.45, 2.75) is 11.8 Å². The Hall–Kier alpha value is -1.47. The van der Waals surface area contributed by atoms with Gasteiger partial charge in [-0.25, -0.2) is 13.1 Å². The molecule has 19 heavy (non-hydrogen) atoms. The molecule has 6 nitrogen and oxygen atoms in total. The van der Waals surface area contributed by atoms with Crippen molar-refractivity contribution >= 4 is 50.2 Å². The van der Waals surface area contributed by atoms with E-state index in [0.29, 0.717) is 0 Å². The van der Waals surface area contributed by atoms with Crippen LogP contribution in [-0.4, -0.2) is 29.9 Å². The molecule has 0 aliphatic carbocycles. The SMILES string of the molecule is CCNS(=O)(=O)c1ccc(=C=S)c(=C=S)c1[N+](=O)[O-]. The average molecular weight is 316 g/mol. The number of hydrogen-bond acceptors (Lipinski definition) is 6. The summed E-state index contributed by atoms with van der Waals surface area (Å²) in [6, 6.07) is 2.40. The van der Waals surface area contributed by atoms with E-state index in [1.165, 1.54) is 6.07 Å². The van der Waals surface area contributed by atoms with Crippen molar-refractivity contribution in [1.29, 1.82) is 0 Å². The van der Waals surface area contributed by atoms with Gasteiger partial charge in [0, 0.05) is 6.54 Å². The third-order valence-electron chi connectivity index (χ3n) is 2.16. The van der Waals surface area contributed by atoms with Crippen molar-refractivity contribution in [3.05, 3.63) is 32.7 Å². The van der Waals surface area contributed by atoms with E-state index >= 15 is 0 Å². The average Bonchev–Trinajstić information content (AvgIpc) is 2.36. The summed E-state index contributed by atoms with van der Waals surface area (Å²) < 4.78 is 26.0. The van der Waals surface area contributed by atoms with E-state index in [-0.39, 0.29) is 17.0 Å². The van der Waals surface area contributed by atoms with Crippen molar-refractivity contribution in [3.63, 3.8) is 0 Å². The lowest BCUT2D eigenvalue weighted by Gasteiger charge is -2.05. The molecule has 0 aliphatic rings. The van der Waals surface area contributed by atoms with Crippen LogP contribution in [0.3, 0.4) is 0 Å². The second-order valence-electron chi connectivity index (χ2n) is 3.30. The molecule has 1 N–H and O–H groups in total. The summed E-state index contributed by atoms with van der Waals surface area (Å²) in [5, 5.41) is 15.5. The van der Waals surface area contributed by atoms with Crippen LogP contribution in [0.2, 0.25) is 0 Å². The highest BCUT2D eigenvalue weighted by molar-refractivity contribution is 7.89. The summed E-state index contributed by atoms with van der Waals surface area (Å²) in [4.78, 5) is 9.79. The third kappa shape index (κ3) is 3.10. The quantitative estimate of drug-likeness (QED) is 0.455. The fourth-order valence-corrected chi connectivity index (χ4v) is 3.02. The molecule has 1 rings (SSSR count).